The van der Waals surface area contributed by atoms with Crippen molar-refractivity contribution < 1.29 is 19.4 Å². The number of benzene rings is 3. The van der Waals surface area contributed by atoms with E-state index >= 15 is 0 Å². The number of aliphatic hydroxyl groups excluding tert-OH is 1. The number of halogens is 2. The summed E-state index contributed by atoms with van der Waals surface area (Å²) in [6.45, 7) is 2.38. The average molecular weight is 599 g/mol. The van der Waals surface area contributed by atoms with E-state index in [0.29, 0.717) is 43.6 Å². The van der Waals surface area contributed by atoms with Gasteiger partial charge in [0.2, 0.25) is 5.13 Å². The number of thioether (sulfide) groups is 1. The molecule has 1 unspecified atom stereocenters. The molecule has 0 saturated carbocycles. The zero-order valence-electron chi connectivity index (χ0n) is 20.5. The largest absolute Gasteiger partial charge is 0.507 e. The van der Waals surface area contributed by atoms with Crippen LogP contribution in [0.5, 0.6) is 5.75 Å². The lowest BCUT2D eigenvalue weighted by Gasteiger charge is -2.22. The third-order valence-electron chi connectivity index (χ3n) is 5.95. The van der Waals surface area contributed by atoms with Gasteiger partial charge in [0.05, 0.1) is 18.2 Å². The van der Waals surface area contributed by atoms with Crippen molar-refractivity contribution in [3.63, 3.8) is 0 Å². The molecule has 0 aliphatic carbocycles. The molecule has 1 amide bonds. The van der Waals surface area contributed by atoms with E-state index in [1.165, 1.54) is 28.0 Å². The minimum Gasteiger partial charge on any atom is -0.507 e. The van der Waals surface area contributed by atoms with E-state index in [4.69, 9.17) is 27.9 Å². The Labute approximate surface area is 243 Å². The molecule has 2 heterocycles. The number of Topliss-reactive ketones (excluding diaryl/α,β-unsaturated/α-hetero) is 1. The monoisotopic (exact) mass is 597 g/mol. The molecule has 4 aromatic rings. The normalized spacial score (nSPS) is 16.6. The molecule has 0 bridgehead atoms. The molecule has 1 aliphatic rings. The van der Waals surface area contributed by atoms with Crippen molar-refractivity contribution >= 4 is 68.9 Å². The van der Waals surface area contributed by atoms with Gasteiger partial charge in [-0.1, -0.05) is 70.6 Å². The molecule has 0 spiro atoms. The van der Waals surface area contributed by atoms with Crippen molar-refractivity contribution in [2.45, 2.75) is 23.1 Å². The van der Waals surface area contributed by atoms with E-state index in [1.807, 2.05) is 31.2 Å². The van der Waals surface area contributed by atoms with Crippen LogP contribution in [0.3, 0.4) is 0 Å². The number of carbonyl (C=O) groups excluding carboxylic acids is 2. The fourth-order valence-corrected chi connectivity index (χ4v) is 6.18. The van der Waals surface area contributed by atoms with Gasteiger partial charge in [-0.2, -0.15) is 0 Å². The standard InChI is InChI=1S/C28H21Cl2N3O4S2/c1-2-37-21-13-7-17(8-14-21)23-22(24(34)18-5-11-20(30)12-6-18)25(35)26(36)33(23)27-31-32-28(39-27)38-15-16-3-9-19(29)10-4-16/h3-14,23,34H,2,15H2,1H3/b24-22-. The number of nitrogens with zero attached hydrogens (tertiary/aromatic N) is 3. The molecular formula is C28H21Cl2N3O4S2. The molecule has 1 N–H and O–H groups in total. The maximum atomic E-state index is 13.4. The van der Waals surface area contributed by atoms with Crippen LogP contribution in [0.25, 0.3) is 5.76 Å². The molecule has 0 radical (unpaired) electrons. The summed E-state index contributed by atoms with van der Waals surface area (Å²) < 4.78 is 6.18. The van der Waals surface area contributed by atoms with Crippen LogP contribution in [-0.2, 0) is 15.3 Å². The first-order valence-electron chi connectivity index (χ1n) is 11.9. The summed E-state index contributed by atoms with van der Waals surface area (Å²) >= 11 is 14.6. The van der Waals surface area contributed by atoms with Crippen LogP contribution < -0.4 is 9.64 Å². The van der Waals surface area contributed by atoms with Gasteiger partial charge in [0.25, 0.3) is 5.78 Å². The van der Waals surface area contributed by atoms with Gasteiger partial charge in [-0.25, -0.2) is 0 Å². The van der Waals surface area contributed by atoms with Crippen molar-refractivity contribution in [3.8, 4) is 5.75 Å². The van der Waals surface area contributed by atoms with Gasteiger partial charge in [-0.05, 0) is 66.6 Å². The van der Waals surface area contributed by atoms with Crippen LogP contribution in [0, 0.1) is 0 Å². The number of anilines is 1. The Morgan fingerprint density at radius 2 is 1.62 bits per heavy atom. The number of hydrogen-bond donors (Lipinski definition) is 1. The lowest BCUT2D eigenvalue weighted by atomic mass is 9.95. The highest BCUT2D eigenvalue weighted by molar-refractivity contribution is 8.00. The lowest BCUT2D eigenvalue weighted by molar-refractivity contribution is -0.132. The van der Waals surface area contributed by atoms with Crippen molar-refractivity contribution in [2.24, 2.45) is 0 Å². The minimum absolute atomic E-state index is 0.0444. The predicted octanol–water partition coefficient (Wildman–Crippen LogP) is 7.16. The Morgan fingerprint density at radius 3 is 2.26 bits per heavy atom. The van der Waals surface area contributed by atoms with Crippen LogP contribution >= 0.6 is 46.3 Å². The Morgan fingerprint density at radius 1 is 0.974 bits per heavy atom. The van der Waals surface area contributed by atoms with Gasteiger partial charge < -0.3 is 9.84 Å². The topological polar surface area (TPSA) is 92.6 Å². The Bertz CT molecular complexity index is 1540. The fraction of sp³-hybridized carbons (Fsp3) is 0.143. The molecule has 11 heteroatoms. The Balaban J connectivity index is 1.52. The number of aliphatic hydroxyl groups is 1. The van der Waals surface area contributed by atoms with Crippen LogP contribution in [0.15, 0.2) is 82.7 Å². The summed E-state index contributed by atoms with van der Waals surface area (Å²) in [5.74, 6) is -0.633. The number of amides is 1. The molecule has 1 fully saturated rings. The van der Waals surface area contributed by atoms with Gasteiger partial charge in [0, 0.05) is 21.4 Å². The van der Waals surface area contributed by atoms with Crippen LogP contribution in [0.1, 0.15) is 29.7 Å². The SMILES string of the molecule is CCOc1ccc(C2/C(=C(/O)c3ccc(Cl)cc3)C(=O)C(=O)N2c2nnc(SCc3ccc(Cl)cc3)s2)cc1. The Kier molecular flexibility index (Phi) is 8.23. The first-order chi connectivity index (χ1) is 18.9. The predicted molar refractivity (Wildman–Crippen MR) is 155 cm³/mol. The molecule has 1 atom stereocenters. The van der Waals surface area contributed by atoms with E-state index in [1.54, 1.807) is 48.5 Å². The first kappa shape index (κ1) is 27.2. The third-order valence-corrected chi connectivity index (χ3v) is 8.58. The summed E-state index contributed by atoms with van der Waals surface area (Å²) in [6.07, 6.45) is 0. The van der Waals surface area contributed by atoms with E-state index in [0.717, 1.165) is 5.56 Å². The fourth-order valence-electron chi connectivity index (χ4n) is 4.11. The average Bonchev–Trinajstić information content (AvgIpc) is 3.51. The van der Waals surface area contributed by atoms with E-state index in [-0.39, 0.29) is 16.5 Å². The highest BCUT2D eigenvalue weighted by Crippen LogP contribution is 2.44. The highest BCUT2D eigenvalue weighted by Gasteiger charge is 2.48. The second-order valence-electron chi connectivity index (χ2n) is 8.44. The van der Waals surface area contributed by atoms with E-state index < -0.39 is 17.7 Å². The van der Waals surface area contributed by atoms with Gasteiger partial charge in [-0.3, -0.25) is 14.5 Å². The molecule has 5 rings (SSSR count). The quantitative estimate of drug-likeness (QED) is 0.0756. The smallest absolute Gasteiger partial charge is 0.301 e. The molecule has 1 saturated heterocycles. The zero-order valence-corrected chi connectivity index (χ0v) is 23.7. The van der Waals surface area contributed by atoms with Crippen LogP contribution in [0.2, 0.25) is 10.0 Å². The number of ether oxygens (including phenoxy) is 1. The van der Waals surface area contributed by atoms with Crippen molar-refractivity contribution in [3.05, 3.63) is 105 Å². The van der Waals surface area contributed by atoms with Crippen molar-refractivity contribution in [1.82, 2.24) is 10.2 Å². The highest BCUT2D eigenvalue weighted by atomic mass is 35.5. The van der Waals surface area contributed by atoms with Gasteiger partial charge >= 0.3 is 5.91 Å². The summed E-state index contributed by atoms with van der Waals surface area (Å²) in [5.41, 5.74) is 1.99. The summed E-state index contributed by atoms with van der Waals surface area (Å²) in [6, 6.07) is 20.0. The van der Waals surface area contributed by atoms with Gasteiger partial charge in [0.1, 0.15) is 11.5 Å². The minimum atomic E-state index is -0.918. The number of rotatable bonds is 8. The third kappa shape index (κ3) is 5.81. The summed E-state index contributed by atoms with van der Waals surface area (Å²) in [7, 11) is 0. The molecule has 3 aromatic carbocycles. The maximum Gasteiger partial charge on any atom is 0.301 e. The first-order valence-corrected chi connectivity index (χ1v) is 14.4. The number of hydrogen-bond acceptors (Lipinski definition) is 8. The molecule has 1 aliphatic heterocycles. The Hall–Kier alpha value is -3.37. The second-order valence-corrected chi connectivity index (χ2v) is 11.5. The van der Waals surface area contributed by atoms with Crippen LogP contribution in [-0.4, -0.2) is 33.6 Å². The lowest BCUT2D eigenvalue weighted by Crippen LogP contribution is -2.29. The molecular weight excluding hydrogens is 577 g/mol. The molecule has 1 aromatic heterocycles. The van der Waals surface area contributed by atoms with E-state index in [9.17, 15) is 14.7 Å². The van der Waals surface area contributed by atoms with Crippen molar-refractivity contribution in [1.29, 1.82) is 0 Å². The summed E-state index contributed by atoms with van der Waals surface area (Å²) in [5, 5.41) is 21.1. The number of carbonyl (C=O) groups is 2. The molecule has 39 heavy (non-hydrogen) atoms. The number of ketones is 1. The second kappa shape index (κ2) is 11.8. The van der Waals surface area contributed by atoms with Crippen LogP contribution in [0.4, 0.5) is 5.13 Å². The maximum absolute atomic E-state index is 13.4. The van der Waals surface area contributed by atoms with E-state index in [2.05, 4.69) is 10.2 Å². The number of aromatic nitrogens is 2. The zero-order chi connectivity index (χ0) is 27.5. The molecule has 198 valence electrons. The van der Waals surface area contributed by atoms with Gasteiger partial charge in [0.15, 0.2) is 4.34 Å². The van der Waals surface area contributed by atoms with Gasteiger partial charge in [-0.15, -0.1) is 10.2 Å². The molecule has 7 nitrogen and oxygen atoms in total. The summed E-state index contributed by atoms with van der Waals surface area (Å²) in [4.78, 5) is 28.0. The van der Waals surface area contributed by atoms with Crippen molar-refractivity contribution in [2.75, 3.05) is 11.5 Å².